The van der Waals surface area contributed by atoms with Crippen molar-refractivity contribution in [3.63, 3.8) is 0 Å². The molecule has 0 bridgehead atoms. The molecule has 13 nitrogen and oxygen atoms in total. The maximum atomic E-state index is 12.6. The van der Waals surface area contributed by atoms with Gasteiger partial charge in [0.05, 0.1) is 18.9 Å². The standard InChI is InChI=1S/C18H28N6O7S/c1-32-5-4-12(17(29)24-13(18(30)31)6-10-7-20-9-22-10)23-14(25)8-21-16(28)11(19)2-3-15(26)27/h7,9,11-13H,2-6,8,19H2,1H3,(H,20,22)(H,21,28)(H,23,25)(H,24,29)(H,26,27)(H,30,31). The minimum absolute atomic E-state index is 0.0193. The quantitative estimate of drug-likeness (QED) is 0.150. The summed E-state index contributed by atoms with van der Waals surface area (Å²) in [7, 11) is 0. The second kappa shape index (κ2) is 14.0. The number of H-pyrrole nitrogens is 1. The molecule has 32 heavy (non-hydrogen) atoms. The van der Waals surface area contributed by atoms with Crippen molar-refractivity contribution in [3.05, 3.63) is 18.2 Å². The zero-order chi connectivity index (χ0) is 24.1. The summed E-state index contributed by atoms with van der Waals surface area (Å²) in [5, 5.41) is 25.2. The van der Waals surface area contributed by atoms with Gasteiger partial charge in [0, 0.05) is 24.7 Å². The van der Waals surface area contributed by atoms with Crippen LogP contribution in [-0.2, 0) is 30.4 Å². The molecule has 8 N–H and O–H groups in total. The number of thioether (sulfide) groups is 1. The van der Waals surface area contributed by atoms with E-state index in [1.165, 1.54) is 24.3 Å². The Balaban J connectivity index is 2.64. The van der Waals surface area contributed by atoms with Crippen LogP contribution in [0.15, 0.2) is 12.5 Å². The molecule has 1 aromatic rings. The number of carbonyl (C=O) groups excluding carboxylic acids is 3. The average Bonchev–Trinajstić information content (AvgIpc) is 3.25. The summed E-state index contributed by atoms with van der Waals surface area (Å²) in [5.74, 6) is -3.87. The van der Waals surface area contributed by atoms with Crippen molar-refractivity contribution in [1.29, 1.82) is 0 Å². The minimum atomic E-state index is -1.24. The molecule has 0 saturated carbocycles. The Morgan fingerprint density at radius 1 is 1.12 bits per heavy atom. The number of amides is 3. The zero-order valence-corrected chi connectivity index (χ0v) is 18.3. The molecular weight excluding hydrogens is 444 g/mol. The molecule has 0 aliphatic carbocycles. The Bertz CT molecular complexity index is 789. The number of hydrogen-bond acceptors (Lipinski definition) is 8. The Hall–Kier alpha value is -3.13. The number of imidazole rings is 1. The fourth-order valence-electron chi connectivity index (χ4n) is 2.55. The maximum Gasteiger partial charge on any atom is 0.326 e. The van der Waals surface area contributed by atoms with Crippen molar-refractivity contribution < 1.29 is 34.2 Å². The van der Waals surface area contributed by atoms with Crippen molar-refractivity contribution in [1.82, 2.24) is 25.9 Å². The van der Waals surface area contributed by atoms with Crippen LogP contribution in [0.4, 0.5) is 0 Å². The maximum absolute atomic E-state index is 12.6. The number of nitrogens with zero attached hydrogens (tertiary/aromatic N) is 1. The van der Waals surface area contributed by atoms with E-state index in [2.05, 4.69) is 25.9 Å². The van der Waals surface area contributed by atoms with Crippen molar-refractivity contribution in [3.8, 4) is 0 Å². The second-order valence-electron chi connectivity index (χ2n) is 6.84. The van der Waals surface area contributed by atoms with Gasteiger partial charge in [0.2, 0.25) is 17.7 Å². The van der Waals surface area contributed by atoms with E-state index in [1.807, 2.05) is 6.26 Å². The number of rotatable bonds is 15. The third-order valence-corrected chi connectivity index (χ3v) is 4.93. The highest BCUT2D eigenvalue weighted by Crippen LogP contribution is 2.04. The normalized spacial score (nSPS) is 13.4. The zero-order valence-electron chi connectivity index (χ0n) is 17.5. The fraction of sp³-hybridized carbons (Fsp3) is 0.556. The summed E-state index contributed by atoms with van der Waals surface area (Å²) in [4.78, 5) is 65.3. The first-order chi connectivity index (χ1) is 15.1. The molecule has 0 saturated heterocycles. The monoisotopic (exact) mass is 472 g/mol. The average molecular weight is 473 g/mol. The fourth-order valence-corrected chi connectivity index (χ4v) is 3.02. The van der Waals surface area contributed by atoms with Gasteiger partial charge in [-0.15, -0.1) is 0 Å². The van der Waals surface area contributed by atoms with Gasteiger partial charge < -0.3 is 36.9 Å². The molecule has 0 spiro atoms. The van der Waals surface area contributed by atoms with E-state index in [0.717, 1.165) is 0 Å². The Kier molecular flexibility index (Phi) is 11.8. The summed E-state index contributed by atoms with van der Waals surface area (Å²) in [6.45, 7) is -0.473. The largest absolute Gasteiger partial charge is 0.481 e. The number of hydrogen-bond donors (Lipinski definition) is 7. The first kappa shape index (κ1) is 26.9. The van der Waals surface area contributed by atoms with Gasteiger partial charge in [0.25, 0.3) is 0 Å². The minimum Gasteiger partial charge on any atom is -0.481 e. The van der Waals surface area contributed by atoms with Crippen LogP contribution < -0.4 is 21.7 Å². The molecule has 3 unspecified atom stereocenters. The lowest BCUT2D eigenvalue weighted by Gasteiger charge is -2.21. The number of aromatic nitrogens is 2. The molecule has 3 amide bonds. The Morgan fingerprint density at radius 3 is 2.41 bits per heavy atom. The Morgan fingerprint density at radius 2 is 1.84 bits per heavy atom. The van der Waals surface area contributed by atoms with Gasteiger partial charge in [-0.25, -0.2) is 9.78 Å². The summed E-state index contributed by atoms with van der Waals surface area (Å²) >= 11 is 1.44. The molecular formula is C18H28N6O7S. The van der Waals surface area contributed by atoms with Crippen molar-refractivity contribution >= 4 is 41.4 Å². The molecule has 0 fully saturated rings. The first-order valence-corrected chi connectivity index (χ1v) is 11.1. The van der Waals surface area contributed by atoms with E-state index in [4.69, 9.17) is 10.8 Å². The predicted octanol–water partition coefficient (Wildman–Crippen LogP) is -1.93. The van der Waals surface area contributed by atoms with Gasteiger partial charge in [-0.2, -0.15) is 11.8 Å². The SMILES string of the molecule is CSCCC(NC(=O)CNC(=O)C(N)CCC(=O)O)C(=O)NC(Cc1cnc[nH]1)C(=O)O. The lowest BCUT2D eigenvalue weighted by molar-refractivity contribution is -0.142. The van der Waals surface area contributed by atoms with Gasteiger partial charge >= 0.3 is 11.9 Å². The van der Waals surface area contributed by atoms with Crippen LogP contribution in [0, 0.1) is 0 Å². The highest BCUT2D eigenvalue weighted by molar-refractivity contribution is 7.98. The van der Waals surface area contributed by atoms with E-state index in [9.17, 15) is 29.1 Å². The number of carboxylic acid groups (broad SMARTS) is 2. The second-order valence-corrected chi connectivity index (χ2v) is 7.82. The molecule has 0 aromatic carbocycles. The predicted molar refractivity (Wildman–Crippen MR) is 115 cm³/mol. The van der Waals surface area contributed by atoms with Gasteiger partial charge in [-0.05, 0) is 24.9 Å². The van der Waals surface area contributed by atoms with Gasteiger partial charge in [0.1, 0.15) is 12.1 Å². The van der Waals surface area contributed by atoms with Crippen LogP contribution in [0.5, 0.6) is 0 Å². The third-order valence-electron chi connectivity index (χ3n) is 4.28. The van der Waals surface area contributed by atoms with E-state index < -0.39 is 54.3 Å². The molecule has 1 heterocycles. The lowest BCUT2D eigenvalue weighted by atomic mass is 10.1. The van der Waals surface area contributed by atoms with Gasteiger partial charge in [-0.3, -0.25) is 19.2 Å². The molecule has 0 aliphatic heterocycles. The van der Waals surface area contributed by atoms with Gasteiger partial charge in [-0.1, -0.05) is 0 Å². The molecule has 0 radical (unpaired) electrons. The van der Waals surface area contributed by atoms with Crippen molar-refractivity contribution in [2.24, 2.45) is 5.73 Å². The molecule has 14 heteroatoms. The number of nitrogens with one attached hydrogen (secondary N) is 4. The molecule has 0 aliphatic rings. The van der Waals surface area contributed by atoms with Crippen LogP contribution in [0.25, 0.3) is 0 Å². The van der Waals surface area contributed by atoms with E-state index in [-0.39, 0.29) is 25.7 Å². The summed E-state index contributed by atoms with van der Waals surface area (Å²) < 4.78 is 0. The number of carboxylic acids is 2. The van der Waals surface area contributed by atoms with Gasteiger partial charge in [0.15, 0.2) is 0 Å². The van der Waals surface area contributed by atoms with Crippen LogP contribution >= 0.6 is 11.8 Å². The number of nitrogens with two attached hydrogens (primary N) is 1. The number of aliphatic carboxylic acids is 2. The number of aromatic amines is 1. The number of carbonyl (C=O) groups is 5. The van der Waals surface area contributed by atoms with Crippen LogP contribution in [0.3, 0.4) is 0 Å². The van der Waals surface area contributed by atoms with E-state index >= 15 is 0 Å². The topological polar surface area (TPSA) is 217 Å². The highest BCUT2D eigenvalue weighted by Gasteiger charge is 2.27. The van der Waals surface area contributed by atoms with Crippen LogP contribution in [-0.4, -0.2) is 86.5 Å². The van der Waals surface area contributed by atoms with Crippen molar-refractivity contribution in [2.45, 2.75) is 43.8 Å². The van der Waals surface area contributed by atoms with Crippen LogP contribution in [0.1, 0.15) is 25.0 Å². The lowest BCUT2D eigenvalue weighted by Crippen LogP contribution is -2.54. The highest BCUT2D eigenvalue weighted by atomic mass is 32.2. The molecule has 1 aromatic heterocycles. The molecule has 1 rings (SSSR count). The van der Waals surface area contributed by atoms with E-state index in [0.29, 0.717) is 11.4 Å². The third kappa shape index (κ3) is 10.3. The smallest absolute Gasteiger partial charge is 0.326 e. The summed E-state index contributed by atoms with van der Waals surface area (Å²) in [6, 6.07) is -3.34. The van der Waals surface area contributed by atoms with Crippen molar-refractivity contribution in [2.75, 3.05) is 18.6 Å². The molecule has 3 atom stereocenters. The van der Waals surface area contributed by atoms with Crippen LogP contribution in [0.2, 0.25) is 0 Å². The summed E-state index contributed by atoms with van der Waals surface area (Å²) in [5.41, 5.74) is 6.09. The summed E-state index contributed by atoms with van der Waals surface area (Å²) in [6.07, 6.45) is 4.48. The first-order valence-electron chi connectivity index (χ1n) is 9.67. The molecule has 178 valence electrons. The Labute approximate surface area is 188 Å². The van der Waals surface area contributed by atoms with E-state index in [1.54, 1.807) is 0 Å².